The first-order chi connectivity index (χ1) is 19.6. The van der Waals surface area contributed by atoms with Crippen LogP contribution in [0.15, 0.2) is 74.4 Å². The molecule has 7 rings (SSSR count). The van der Waals surface area contributed by atoms with Gasteiger partial charge in [-0.25, -0.2) is 4.99 Å². The van der Waals surface area contributed by atoms with Crippen molar-refractivity contribution in [1.82, 2.24) is 4.57 Å². The lowest BCUT2D eigenvalue weighted by molar-refractivity contribution is 0.120. The molecule has 2 aromatic carbocycles. The molecule has 0 spiro atoms. The maximum absolute atomic E-state index is 14.0. The fourth-order valence-electron chi connectivity index (χ4n) is 5.85. The van der Waals surface area contributed by atoms with Gasteiger partial charge in [-0.1, -0.05) is 41.7 Å². The minimum atomic E-state index is -0.304. The van der Waals surface area contributed by atoms with Crippen LogP contribution in [0, 0.1) is 0 Å². The monoisotopic (exact) mass is 555 g/mol. The number of methoxy groups -OCH3 is 2. The number of hydrogen-bond donors (Lipinski definition) is 0. The van der Waals surface area contributed by atoms with E-state index in [1.54, 1.807) is 14.2 Å². The van der Waals surface area contributed by atoms with Crippen LogP contribution in [0.2, 0.25) is 0 Å². The van der Waals surface area contributed by atoms with E-state index < -0.39 is 0 Å². The Morgan fingerprint density at radius 2 is 1.82 bits per heavy atom. The van der Waals surface area contributed by atoms with Crippen molar-refractivity contribution in [3.8, 4) is 11.5 Å². The Bertz CT molecular complexity index is 1810. The van der Waals surface area contributed by atoms with Crippen LogP contribution in [0.5, 0.6) is 11.5 Å². The molecule has 4 aromatic rings. The van der Waals surface area contributed by atoms with Gasteiger partial charge >= 0.3 is 0 Å². The molecule has 8 nitrogen and oxygen atoms in total. The predicted molar refractivity (Wildman–Crippen MR) is 154 cm³/mol. The van der Waals surface area contributed by atoms with Crippen molar-refractivity contribution in [3.05, 3.63) is 102 Å². The van der Waals surface area contributed by atoms with Crippen molar-refractivity contribution in [2.75, 3.05) is 45.4 Å². The number of nitrogens with zero attached hydrogens (tertiary/aromatic N) is 3. The molecule has 0 N–H and O–H groups in total. The van der Waals surface area contributed by atoms with Crippen molar-refractivity contribution in [1.29, 1.82) is 0 Å². The minimum Gasteiger partial charge on any atom is -0.493 e. The number of rotatable bonds is 5. The molecule has 0 amide bonds. The van der Waals surface area contributed by atoms with Gasteiger partial charge in [0.15, 0.2) is 22.2 Å². The molecule has 0 unspecified atom stereocenters. The number of furan rings is 1. The maximum Gasteiger partial charge on any atom is 0.271 e. The molecule has 0 radical (unpaired) electrons. The molecule has 204 valence electrons. The molecule has 2 aromatic heterocycles. The number of morpholine rings is 1. The fraction of sp³-hybridized carbons (Fsp3) is 0.290. The average molecular weight is 556 g/mol. The summed E-state index contributed by atoms with van der Waals surface area (Å²) >= 11 is 1.39. The zero-order chi connectivity index (χ0) is 27.2. The van der Waals surface area contributed by atoms with Crippen LogP contribution < -0.4 is 29.3 Å². The van der Waals surface area contributed by atoms with Gasteiger partial charge in [0.2, 0.25) is 0 Å². The SMILES string of the molecule is COc1ccc([C@@H]2C3=C(N=c4s/c(=C\c5ccc(N6CCOCC6)o5)c(=O)n42)c2ccccc2CC3)cc1OC. The van der Waals surface area contributed by atoms with Crippen molar-refractivity contribution < 1.29 is 18.6 Å². The number of fused-ring (bicyclic) bond motifs is 3. The minimum absolute atomic E-state index is 0.0849. The van der Waals surface area contributed by atoms with Crippen molar-refractivity contribution >= 4 is 29.0 Å². The smallest absolute Gasteiger partial charge is 0.271 e. The zero-order valence-electron chi connectivity index (χ0n) is 22.4. The third kappa shape index (κ3) is 4.17. The van der Waals surface area contributed by atoms with E-state index in [0.717, 1.165) is 54.2 Å². The third-order valence-electron chi connectivity index (χ3n) is 7.80. The summed E-state index contributed by atoms with van der Waals surface area (Å²) in [4.78, 5) is 22.0. The molecule has 1 aliphatic carbocycles. The molecule has 3 aliphatic rings. The largest absolute Gasteiger partial charge is 0.493 e. The summed E-state index contributed by atoms with van der Waals surface area (Å²) in [5, 5.41) is 0. The Morgan fingerprint density at radius 3 is 2.65 bits per heavy atom. The van der Waals surface area contributed by atoms with E-state index in [1.165, 1.54) is 16.9 Å². The Morgan fingerprint density at radius 1 is 1.00 bits per heavy atom. The lowest BCUT2D eigenvalue weighted by Gasteiger charge is -2.31. The third-order valence-corrected chi connectivity index (χ3v) is 8.79. The van der Waals surface area contributed by atoms with Crippen LogP contribution in [-0.2, 0) is 11.2 Å². The molecule has 40 heavy (non-hydrogen) atoms. The molecular weight excluding hydrogens is 526 g/mol. The fourth-order valence-corrected chi connectivity index (χ4v) is 6.83. The Balaban J connectivity index is 1.39. The Kier molecular flexibility index (Phi) is 6.32. The van der Waals surface area contributed by atoms with Gasteiger partial charge in [0.25, 0.3) is 5.56 Å². The highest BCUT2D eigenvalue weighted by Gasteiger charge is 2.33. The van der Waals surface area contributed by atoms with Crippen LogP contribution in [0.3, 0.4) is 0 Å². The summed E-state index contributed by atoms with van der Waals surface area (Å²) in [6.07, 6.45) is 3.55. The second-order valence-electron chi connectivity index (χ2n) is 10.0. The predicted octanol–water partition coefficient (Wildman–Crippen LogP) is 3.77. The van der Waals surface area contributed by atoms with E-state index in [2.05, 4.69) is 23.1 Å². The number of allylic oxidation sites excluding steroid dienone is 1. The molecule has 0 saturated carbocycles. The number of benzene rings is 2. The number of hydrogen-bond acceptors (Lipinski definition) is 8. The first kappa shape index (κ1) is 24.9. The quantitative estimate of drug-likeness (QED) is 0.373. The Labute approximate surface area is 235 Å². The molecule has 4 heterocycles. The summed E-state index contributed by atoms with van der Waals surface area (Å²) in [7, 11) is 3.25. The van der Waals surface area contributed by atoms with E-state index in [0.29, 0.717) is 39.8 Å². The molecule has 2 aliphatic heterocycles. The topological polar surface area (TPSA) is 78.4 Å². The molecule has 1 saturated heterocycles. The molecule has 1 atom stereocenters. The highest BCUT2D eigenvalue weighted by molar-refractivity contribution is 7.07. The van der Waals surface area contributed by atoms with Crippen LogP contribution in [0.25, 0.3) is 11.8 Å². The number of thiazole rings is 1. The molecular formula is C31H29N3O5S. The summed E-state index contributed by atoms with van der Waals surface area (Å²) in [5.41, 5.74) is 5.38. The normalized spacial score (nSPS) is 18.6. The molecule has 1 fully saturated rings. The van der Waals surface area contributed by atoms with Gasteiger partial charge in [0, 0.05) is 30.8 Å². The van der Waals surface area contributed by atoms with Gasteiger partial charge < -0.3 is 23.5 Å². The van der Waals surface area contributed by atoms with Crippen LogP contribution >= 0.6 is 11.3 Å². The lowest BCUT2D eigenvalue weighted by atomic mass is 9.83. The summed E-state index contributed by atoms with van der Waals surface area (Å²) < 4.78 is 25.1. The zero-order valence-corrected chi connectivity index (χ0v) is 23.2. The maximum atomic E-state index is 14.0. The van der Waals surface area contributed by atoms with E-state index in [9.17, 15) is 4.79 Å². The van der Waals surface area contributed by atoms with E-state index in [1.807, 2.05) is 47.0 Å². The molecule has 0 bridgehead atoms. The number of aryl methyl sites for hydroxylation is 1. The highest BCUT2D eigenvalue weighted by Crippen LogP contribution is 2.42. The van der Waals surface area contributed by atoms with Gasteiger partial charge in [0.05, 0.1) is 43.7 Å². The van der Waals surface area contributed by atoms with Gasteiger partial charge in [0.1, 0.15) is 5.76 Å². The van der Waals surface area contributed by atoms with Crippen LogP contribution in [-0.4, -0.2) is 45.1 Å². The average Bonchev–Trinajstić information content (AvgIpc) is 3.60. The summed E-state index contributed by atoms with van der Waals surface area (Å²) in [6.45, 7) is 2.93. The number of aromatic nitrogens is 1. The van der Waals surface area contributed by atoms with Gasteiger partial charge in [-0.3, -0.25) is 9.36 Å². The van der Waals surface area contributed by atoms with Crippen molar-refractivity contribution in [3.63, 3.8) is 0 Å². The van der Waals surface area contributed by atoms with Crippen molar-refractivity contribution in [2.45, 2.75) is 18.9 Å². The van der Waals surface area contributed by atoms with Gasteiger partial charge in [-0.05, 0) is 47.7 Å². The summed E-state index contributed by atoms with van der Waals surface area (Å²) in [5.74, 6) is 2.71. The highest BCUT2D eigenvalue weighted by atomic mass is 32.1. The van der Waals surface area contributed by atoms with Gasteiger partial charge in [-0.15, -0.1) is 0 Å². The van der Waals surface area contributed by atoms with E-state index in [4.69, 9.17) is 23.6 Å². The van der Waals surface area contributed by atoms with E-state index in [-0.39, 0.29) is 11.6 Å². The number of ether oxygens (including phenoxy) is 3. The second kappa shape index (κ2) is 10.1. The van der Waals surface area contributed by atoms with Gasteiger partial charge in [-0.2, -0.15) is 0 Å². The number of anilines is 1. The first-order valence-electron chi connectivity index (χ1n) is 13.4. The summed E-state index contributed by atoms with van der Waals surface area (Å²) in [6, 6.07) is 17.9. The second-order valence-corrected chi connectivity index (χ2v) is 11.0. The van der Waals surface area contributed by atoms with Crippen LogP contribution in [0.1, 0.15) is 34.9 Å². The first-order valence-corrected chi connectivity index (χ1v) is 14.2. The van der Waals surface area contributed by atoms with Crippen LogP contribution in [0.4, 0.5) is 5.88 Å². The van der Waals surface area contributed by atoms with Crippen molar-refractivity contribution in [2.24, 2.45) is 4.99 Å². The molecule has 9 heteroatoms. The Hall–Kier alpha value is -4.08. The standard InChI is InChI=1S/C31H29N3O5S/c1-36-24-11-8-20(17-25(24)37-2)29-23-10-7-19-5-3-4-6-22(19)28(23)32-31-34(29)30(35)26(40-31)18-21-9-12-27(39-21)33-13-15-38-16-14-33/h3-6,8-9,11-12,17-18,29H,7,10,13-16H2,1-2H3/b26-18-/t29-/m1/s1. The van der Waals surface area contributed by atoms with E-state index >= 15 is 0 Å². The lowest BCUT2D eigenvalue weighted by Crippen LogP contribution is -2.38.